The highest BCUT2D eigenvalue weighted by Crippen LogP contribution is 2.16. The standard InChI is InChI=1S/C8H9N5O3/c9-8(10)12-11-5-1-2-6-3-4-7(16-6)13(14)15/h1-5H,(H4,9,10,12)/p+1/b2-1+,11-5+. The molecule has 0 saturated heterocycles. The van der Waals surface area contributed by atoms with Crippen LogP contribution in [0.2, 0.25) is 0 Å². The Hall–Kier alpha value is -2.64. The zero-order valence-electron chi connectivity index (χ0n) is 8.16. The van der Waals surface area contributed by atoms with E-state index < -0.39 is 4.92 Å². The van der Waals surface area contributed by atoms with Gasteiger partial charge in [-0.1, -0.05) is 0 Å². The van der Waals surface area contributed by atoms with Gasteiger partial charge in [0.25, 0.3) is 5.96 Å². The van der Waals surface area contributed by atoms with Gasteiger partial charge in [-0.15, -0.1) is 5.10 Å². The van der Waals surface area contributed by atoms with Gasteiger partial charge in [0.05, 0.1) is 6.07 Å². The van der Waals surface area contributed by atoms with Crippen molar-refractivity contribution in [3.63, 3.8) is 0 Å². The molecule has 1 aromatic rings. The zero-order valence-corrected chi connectivity index (χ0v) is 8.16. The molecule has 1 heterocycles. The lowest BCUT2D eigenvalue weighted by Crippen LogP contribution is -2.63. The largest absolute Gasteiger partial charge is 0.433 e. The van der Waals surface area contributed by atoms with Crippen LogP contribution in [-0.4, -0.2) is 17.1 Å². The molecule has 0 unspecified atom stereocenters. The molecular formula is C8H10N5O3+. The summed E-state index contributed by atoms with van der Waals surface area (Å²) >= 11 is 0. The van der Waals surface area contributed by atoms with Gasteiger partial charge < -0.3 is 15.9 Å². The van der Waals surface area contributed by atoms with Crippen LogP contribution in [0.15, 0.2) is 27.7 Å². The number of allylic oxidation sites excluding steroid dienone is 1. The number of hydrogen-bond acceptors (Lipinski definition) is 4. The van der Waals surface area contributed by atoms with Crippen molar-refractivity contribution in [3.8, 4) is 0 Å². The predicted molar refractivity (Wildman–Crippen MR) is 57.2 cm³/mol. The van der Waals surface area contributed by atoms with Crippen molar-refractivity contribution in [2.45, 2.75) is 0 Å². The fourth-order valence-electron chi connectivity index (χ4n) is 0.828. The van der Waals surface area contributed by atoms with Crippen LogP contribution in [0.4, 0.5) is 5.88 Å². The van der Waals surface area contributed by atoms with Crippen molar-refractivity contribution in [2.75, 3.05) is 0 Å². The number of hydrogen-bond donors (Lipinski definition) is 3. The molecular weight excluding hydrogens is 214 g/mol. The Morgan fingerprint density at radius 2 is 2.31 bits per heavy atom. The maximum Gasteiger partial charge on any atom is 0.433 e. The summed E-state index contributed by atoms with van der Waals surface area (Å²) in [5, 5.41) is 16.2. The van der Waals surface area contributed by atoms with Crippen LogP contribution in [0.5, 0.6) is 0 Å². The van der Waals surface area contributed by atoms with E-state index in [0.29, 0.717) is 5.76 Å². The Morgan fingerprint density at radius 1 is 1.56 bits per heavy atom. The molecule has 0 radical (unpaired) electrons. The number of nitrogens with one attached hydrogen (secondary N) is 1. The lowest BCUT2D eigenvalue weighted by molar-refractivity contribution is -0.456. The van der Waals surface area contributed by atoms with Crippen LogP contribution in [0.25, 0.3) is 6.08 Å². The summed E-state index contributed by atoms with van der Waals surface area (Å²) in [5.74, 6) is -0.0513. The molecule has 5 N–H and O–H groups in total. The van der Waals surface area contributed by atoms with Gasteiger partial charge >= 0.3 is 5.88 Å². The third-order valence-electron chi connectivity index (χ3n) is 1.42. The topological polar surface area (TPSA) is 135 Å². The average molecular weight is 224 g/mol. The summed E-state index contributed by atoms with van der Waals surface area (Å²) in [4.78, 5) is 9.68. The summed E-state index contributed by atoms with van der Waals surface area (Å²) in [6.45, 7) is 0. The van der Waals surface area contributed by atoms with E-state index >= 15 is 0 Å². The number of nitrogens with two attached hydrogens (primary N) is 2. The van der Waals surface area contributed by atoms with Crippen LogP contribution >= 0.6 is 0 Å². The highest BCUT2D eigenvalue weighted by Gasteiger charge is 2.09. The van der Waals surface area contributed by atoms with Gasteiger partial charge in [0.15, 0.2) is 6.21 Å². The van der Waals surface area contributed by atoms with Gasteiger partial charge in [-0.3, -0.25) is 10.1 Å². The van der Waals surface area contributed by atoms with Crippen molar-refractivity contribution >= 4 is 24.1 Å². The maximum atomic E-state index is 10.3. The maximum absolute atomic E-state index is 10.3. The normalized spacial score (nSPS) is 11.0. The number of nitrogens with zero attached hydrogens (tertiary/aromatic N) is 2. The number of furan rings is 1. The molecule has 0 saturated carbocycles. The summed E-state index contributed by atoms with van der Waals surface area (Å²) in [5.41, 5.74) is 10.1. The summed E-state index contributed by atoms with van der Waals surface area (Å²) < 4.78 is 4.85. The highest BCUT2D eigenvalue weighted by atomic mass is 16.6. The zero-order chi connectivity index (χ0) is 12.0. The van der Waals surface area contributed by atoms with Crippen molar-refractivity contribution in [1.29, 1.82) is 0 Å². The second-order valence-corrected chi connectivity index (χ2v) is 2.62. The first-order chi connectivity index (χ1) is 7.59. The molecule has 8 heteroatoms. The summed E-state index contributed by atoms with van der Waals surface area (Å²) in [7, 11) is 0. The Kier molecular flexibility index (Phi) is 3.78. The Balaban J connectivity index is 2.59. The van der Waals surface area contributed by atoms with Crippen LogP contribution in [0.3, 0.4) is 0 Å². The Morgan fingerprint density at radius 3 is 2.88 bits per heavy atom. The van der Waals surface area contributed by atoms with Crippen LogP contribution < -0.4 is 16.6 Å². The first kappa shape index (κ1) is 11.4. The van der Waals surface area contributed by atoms with Crippen molar-refractivity contribution < 1.29 is 14.4 Å². The molecule has 84 valence electrons. The number of nitro groups is 1. The molecule has 0 aliphatic heterocycles. The minimum atomic E-state index is -0.612. The SMILES string of the molecule is NC(N)=N/[NH+]=C/C=C/c1ccc([N+](=O)[O-])o1. The minimum absolute atomic E-state index is 0.0988. The van der Waals surface area contributed by atoms with E-state index in [4.69, 9.17) is 15.9 Å². The first-order valence-corrected chi connectivity index (χ1v) is 4.18. The van der Waals surface area contributed by atoms with Crippen LogP contribution in [0.1, 0.15) is 5.76 Å². The van der Waals surface area contributed by atoms with E-state index in [2.05, 4.69) is 10.2 Å². The fraction of sp³-hybridized carbons (Fsp3) is 0. The molecule has 0 aliphatic rings. The van der Waals surface area contributed by atoms with Gasteiger partial charge in [0.1, 0.15) is 10.7 Å². The van der Waals surface area contributed by atoms with E-state index in [1.165, 1.54) is 30.5 Å². The molecule has 16 heavy (non-hydrogen) atoms. The predicted octanol–water partition coefficient (Wildman–Crippen LogP) is -1.46. The third-order valence-corrected chi connectivity index (χ3v) is 1.42. The minimum Gasteiger partial charge on any atom is -0.401 e. The van der Waals surface area contributed by atoms with E-state index in [9.17, 15) is 10.1 Å². The van der Waals surface area contributed by atoms with Crippen molar-refractivity contribution in [3.05, 3.63) is 34.1 Å². The van der Waals surface area contributed by atoms with Crippen molar-refractivity contribution in [2.24, 2.45) is 16.6 Å². The summed E-state index contributed by atoms with van der Waals surface area (Å²) in [6.07, 6.45) is 4.49. The molecule has 0 spiro atoms. The quantitative estimate of drug-likeness (QED) is 0.248. The number of rotatable bonds is 4. The fourth-order valence-corrected chi connectivity index (χ4v) is 0.828. The first-order valence-electron chi connectivity index (χ1n) is 4.18. The average Bonchev–Trinajstić information content (AvgIpc) is 2.65. The lowest BCUT2D eigenvalue weighted by Gasteiger charge is -1.81. The second-order valence-electron chi connectivity index (χ2n) is 2.62. The number of hydrazone groups is 1. The molecule has 8 nitrogen and oxygen atoms in total. The molecule has 0 bridgehead atoms. The molecule has 0 aliphatic carbocycles. The van der Waals surface area contributed by atoms with Gasteiger partial charge in [-0.25, -0.2) is 0 Å². The summed E-state index contributed by atoms with van der Waals surface area (Å²) in [6, 6.07) is 2.74. The van der Waals surface area contributed by atoms with Gasteiger partial charge in [0, 0.05) is 11.2 Å². The smallest absolute Gasteiger partial charge is 0.401 e. The molecule has 0 atom stereocenters. The molecule has 0 amide bonds. The van der Waals surface area contributed by atoms with E-state index in [0.717, 1.165) is 0 Å². The monoisotopic (exact) mass is 224 g/mol. The van der Waals surface area contributed by atoms with Crippen molar-refractivity contribution in [1.82, 2.24) is 0 Å². The second kappa shape index (κ2) is 5.29. The van der Waals surface area contributed by atoms with Gasteiger partial charge in [-0.2, -0.15) is 0 Å². The molecule has 0 fully saturated rings. The van der Waals surface area contributed by atoms with Gasteiger partial charge in [0.2, 0.25) is 0 Å². The lowest BCUT2D eigenvalue weighted by atomic mass is 10.4. The van der Waals surface area contributed by atoms with Crippen LogP contribution in [0, 0.1) is 10.1 Å². The Bertz CT molecular complexity index is 456. The van der Waals surface area contributed by atoms with Crippen LogP contribution in [-0.2, 0) is 0 Å². The molecule has 1 aromatic heterocycles. The molecule has 1 rings (SSSR count). The van der Waals surface area contributed by atoms with E-state index in [1.807, 2.05) is 0 Å². The van der Waals surface area contributed by atoms with Gasteiger partial charge in [-0.05, 0) is 12.1 Å². The van der Waals surface area contributed by atoms with E-state index in [1.54, 1.807) is 0 Å². The third kappa shape index (κ3) is 3.62. The molecule has 0 aromatic carbocycles. The number of guanidine groups is 1. The Labute approximate surface area is 90.1 Å². The van der Waals surface area contributed by atoms with E-state index in [-0.39, 0.29) is 11.8 Å². The highest BCUT2D eigenvalue weighted by molar-refractivity contribution is 5.76.